The number of nitrogens with one attached hydrogen (secondary N) is 1. The van der Waals surface area contributed by atoms with Crippen molar-refractivity contribution in [3.63, 3.8) is 0 Å². The van der Waals surface area contributed by atoms with Gasteiger partial charge in [-0.15, -0.1) is 0 Å². The van der Waals surface area contributed by atoms with E-state index in [9.17, 15) is 14.4 Å². The molecule has 22 heavy (non-hydrogen) atoms. The third-order valence-electron chi connectivity index (χ3n) is 3.52. The molecule has 0 fully saturated rings. The average Bonchev–Trinajstić information content (AvgIpc) is 2.47. The maximum Gasteiger partial charge on any atom is 0.307 e. The number of rotatable bonds is 7. The lowest BCUT2D eigenvalue weighted by Crippen LogP contribution is -2.31. The van der Waals surface area contributed by atoms with E-state index >= 15 is 0 Å². The summed E-state index contributed by atoms with van der Waals surface area (Å²) in [5, 5.41) is 11.3. The van der Waals surface area contributed by atoms with Crippen LogP contribution in [0.5, 0.6) is 0 Å². The van der Waals surface area contributed by atoms with Crippen LogP contribution in [0.4, 0.5) is 0 Å². The SMILES string of the molecule is COC(=O)C[C@@H](NC(=O)CCC(=O)O)c1cccc(C)c1C. The Hall–Kier alpha value is -2.37. The highest BCUT2D eigenvalue weighted by molar-refractivity contribution is 5.81. The van der Waals surface area contributed by atoms with E-state index in [1.165, 1.54) is 7.11 Å². The number of ether oxygens (including phenoxy) is 1. The van der Waals surface area contributed by atoms with Gasteiger partial charge in [-0.1, -0.05) is 18.2 Å². The quantitative estimate of drug-likeness (QED) is 0.750. The number of carboxylic acids is 1. The molecule has 1 atom stereocenters. The summed E-state index contributed by atoms with van der Waals surface area (Å²) in [5.74, 6) is -1.88. The maximum absolute atomic E-state index is 11.9. The van der Waals surface area contributed by atoms with Gasteiger partial charge in [0.1, 0.15) is 0 Å². The zero-order valence-corrected chi connectivity index (χ0v) is 13.0. The normalized spacial score (nSPS) is 11.6. The molecule has 1 amide bonds. The molecule has 2 N–H and O–H groups in total. The first-order chi connectivity index (χ1) is 10.3. The van der Waals surface area contributed by atoms with Gasteiger partial charge in [-0.3, -0.25) is 14.4 Å². The van der Waals surface area contributed by atoms with Gasteiger partial charge < -0.3 is 15.2 Å². The summed E-state index contributed by atoms with van der Waals surface area (Å²) < 4.78 is 4.67. The second-order valence-corrected chi connectivity index (χ2v) is 5.08. The Kier molecular flexibility index (Phi) is 6.56. The molecule has 0 radical (unpaired) electrons. The summed E-state index contributed by atoms with van der Waals surface area (Å²) in [6.45, 7) is 3.86. The number of carbonyl (C=O) groups is 3. The van der Waals surface area contributed by atoms with Crippen LogP contribution in [-0.2, 0) is 19.1 Å². The van der Waals surface area contributed by atoms with Crippen LogP contribution in [0.1, 0.15) is 42.0 Å². The van der Waals surface area contributed by atoms with E-state index in [1.807, 2.05) is 32.0 Å². The van der Waals surface area contributed by atoms with Gasteiger partial charge in [0.15, 0.2) is 0 Å². The molecule has 1 aromatic rings. The molecule has 0 aliphatic rings. The predicted octanol–water partition coefficient (Wildman–Crippen LogP) is 1.89. The summed E-state index contributed by atoms with van der Waals surface area (Å²) in [6.07, 6.45) is -0.374. The molecule has 0 saturated heterocycles. The fourth-order valence-electron chi connectivity index (χ4n) is 2.13. The van der Waals surface area contributed by atoms with Crippen molar-refractivity contribution in [2.45, 2.75) is 39.2 Å². The van der Waals surface area contributed by atoms with Gasteiger partial charge in [0, 0.05) is 6.42 Å². The third-order valence-corrected chi connectivity index (χ3v) is 3.52. The molecule has 0 aliphatic heterocycles. The Morgan fingerprint density at radius 1 is 1.23 bits per heavy atom. The first-order valence-corrected chi connectivity index (χ1v) is 6.99. The monoisotopic (exact) mass is 307 g/mol. The molecule has 0 bridgehead atoms. The Morgan fingerprint density at radius 2 is 1.91 bits per heavy atom. The van der Waals surface area contributed by atoms with E-state index in [2.05, 4.69) is 10.1 Å². The number of amides is 1. The smallest absolute Gasteiger partial charge is 0.307 e. The summed E-state index contributed by atoms with van der Waals surface area (Å²) >= 11 is 0. The van der Waals surface area contributed by atoms with Crippen LogP contribution in [0.15, 0.2) is 18.2 Å². The number of hydrogen-bond acceptors (Lipinski definition) is 4. The minimum Gasteiger partial charge on any atom is -0.481 e. The van der Waals surface area contributed by atoms with Crippen molar-refractivity contribution in [3.8, 4) is 0 Å². The lowest BCUT2D eigenvalue weighted by Gasteiger charge is -2.21. The van der Waals surface area contributed by atoms with Gasteiger partial charge in [-0.05, 0) is 30.5 Å². The topological polar surface area (TPSA) is 92.7 Å². The van der Waals surface area contributed by atoms with Crippen LogP contribution in [0, 0.1) is 13.8 Å². The molecular weight excluding hydrogens is 286 g/mol. The highest BCUT2D eigenvalue weighted by Crippen LogP contribution is 2.23. The highest BCUT2D eigenvalue weighted by atomic mass is 16.5. The molecule has 1 rings (SSSR count). The van der Waals surface area contributed by atoms with E-state index in [-0.39, 0.29) is 19.3 Å². The second-order valence-electron chi connectivity index (χ2n) is 5.08. The zero-order valence-electron chi connectivity index (χ0n) is 13.0. The van der Waals surface area contributed by atoms with Gasteiger partial charge >= 0.3 is 11.9 Å². The number of aliphatic carboxylic acids is 1. The summed E-state index contributed by atoms with van der Waals surface area (Å²) in [6, 6.07) is 5.10. The van der Waals surface area contributed by atoms with Gasteiger partial charge in [-0.2, -0.15) is 0 Å². The molecule has 1 aromatic carbocycles. The van der Waals surface area contributed by atoms with E-state index in [4.69, 9.17) is 5.11 Å². The lowest BCUT2D eigenvalue weighted by atomic mass is 9.95. The van der Waals surface area contributed by atoms with Crippen molar-refractivity contribution >= 4 is 17.8 Å². The molecule has 6 heteroatoms. The molecule has 0 aromatic heterocycles. The molecular formula is C16H21NO5. The first-order valence-electron chi connectivity index (χ1n) is 6.99. The third kappa shape index (κ3) is 5.20. The Bertz CT molecular complexity index is 568. The van der Waals surface area contributed by atoms with Crippen molar-refractivity contribution in [3.05, 3.63) is 34.9 Å². The fourth-order valence-corrected chi connectivity index (χ4v) is 2.13. The number of benzene rings is 1. The van der Waals surface area contributed by atoms with Crippen LogP contribution in [-0.4, -0.2) is 30.1 Å². The largest absolute Gasteiger partial charge is 0.481 e. The van der Waals surface area contributed by atoms with Gasteiger partial charge in [0.05, 0.1) is 26.0 Å². The van der Waals surface area contributed by atoms with Crippen LogP contribution in [0.3, 0.4) is 0 Å². The Labute approximate surface area is 129 Å². The molecule has 0 saturated carbocycles. The van der Waals surface area contributed by atoms with E-state index < -0.39 is 23.9 Å². The second kappa shape index (κ2) is 8.17. The van der Waals surface area contributed by atoms with Crippen molar-refractivity contribution in [1.29, 1.82) is 0 Å². The summed E-state index contributed by atoms with van der Waals surface area (Å²) in [4.78, 5) is 34.0. The number of carbonyl (C=O) groups excluding carboxylic acids is 2. The van der Waals surface area contributed by atoms with Crippen LogP contribution >= 0.6 is 0 Å². The summed E-state index contributed by atoms with van der Waals surface area (Å²) in [5.41, 5.74) is 2.86. The molecule has 0 spiro atoms. The van der Waals surface area contributed by atoms with Crippen LogP contribution in [0.2, 0.25) is 0 Å². The number of carboxylic acid groups (broad SMARTS) is 1. The molecule has 0 heterocycles. The van der Waals surface area contributed by atoms with Crippen LogP contribution in [0.25, 0.3) is 0 Å². The maximum atomic E-state index is 11.9. The Morgan fingerprint density at radius 3 is 2.50 bits per heavy atom. The minimum atomic E-state index is -1.04. The minimum absolute atomic E-state index is 0.000392. The van der Waals surface area contributed by atoms with Crippen molar-refractivity contribution in [2.75, 3.05) is 7.11 Å². The van der Waals surface area contributed by atoms with Gasteiger partial charge in [0.25, 0.3) is 0 Å². The zero-order chi connectivity index (χ0) is 16.7. The predicted molar refractivity (Wildman–Crippen MR) is 80.3 cm³/mol. The standard InChI is InChI=1S/C16H21NO5/c1-10-5-4-6-12(11(10)2)13(9-16(21)22-3)17-14(18)7-8-15(19)20/h4-6,13H,7-9H2,1-3H3,(H,17,18)(H,19,20)/t13-/m1/s1. The van der Waals surface area contributed by atoms with Crippen molar-refractivity contribution in [1.82, 2.24) is 5.32 Å². The summed E-state index contributed by atoms with van der Waals surface area (Å²) in [7, 11) is 1.29. The van der Waals surface area contributed by atoms with Crippen molar-refractivity contribution in [2.24, 2.45) is 0 Å². The highest BCUT2D eigenvalue weighted by Gasteiger charge is 2.21. The van der Waals surface area contributed by atoms with E-state index in [0.717, 1.165) is 16.7 Å². The number of aryl methyl sites for hydroxylation is 1. The van der Waals surface area contributed by atoms with E-state index in [1.54, 1.807) is 0 Å². The van der Waals surface area contributed by atoms with E-state index in [0.29, 0.717) is 0 Å². The number of methoxy groups -OCH3 is 1. The molecule has 0 aliphatic carbocycles. The first kappa shape index (κ1) is 17.7. The fraction of sp³-hybridized carbons (Fsp3) is 0.438. The van der Waals surface area contributed by atoms with Gasteiger partial charge in [-0.25, -0.2) is 0 Å². The average molecular weight is 307 g/mol. The van der Waals surface area contributed by atoms with Gasteiger partial charge in [0.2, 0.25) is 5.91 Å². The van der Waals surface area contributed by atoms with Crippen LogP contribution < -0.4 is 5.32 Å². The molecule has 0 unspecified atom stereocenters. The lowest BCUT2D eigenvalue weighted by molar-refractivity contribution is -0.142. The number of hydrogen-bond donors (Lipinski definition) is 2. The number of esters is 1. The van der Waals surface area contributed by atoms with Crippen molar-refractivity contribution < 1.29 is 24.2 Å². The Balaban J connectivity index is 2.93. The molecule has 6 nitrogen and oxygen atoms in total. The molecule has 120 valence electrons.